The summed E-state index contributed by atoms with van der Waals surface area (Å²) in [6.07, 6.45) is -0.578. The fraction of sp³-hybridized carbons (Fsp3) is 0.353. The van der Waals surface area contributed by atoms with Crippen molar-refractivity contribution in [2.75, 3.05) is 0 Å². The van der Waals surface area contributed by atoms with Crippen molar-refractivity contribution in [2.24, 2.45) is 0 Å². The molecule has 9 heteroatoms. The monoisotopic (exact) mass is 369 g/mol. The molecule has 2 aromatic rings. The van der Waals surface area contributed by atoms with E-state index in [1.54, 1.807) is 0 Å². The first-order valence-corrected chi connectivity index (χ1v) is 7.58. The van der Waals surface area contributed by atoms with Gasteiger partial charge < -0.3 is 15.8 Å². The molecule has 0 saturated carbocycles. The fourth-order valence-corrected chi connectivity index (χ4v) is 1.50. The summed E-state index contributed by atoms with van der Waals surface area (Å²) in [5.74, 6) is -0.731. The molecule has 0 fully saturated rings. The fourth-order valence-electron chi connectivity index (χ4n) is 1.50. The minimum absolute atomic E-state index is 0.154. The lowest BCUT2D eigenvalue weighted by molar-refractivity contribution is -0.274. The second-order valence-electron chi connectivity index (χ2n) is 6.22. The van der Waals surface area contributed by atoms with E-state index in [-0.39, 0.29) is 23.5 Å². The van der Waals surface area contributed by atoms with Crippen LogP contribution < -0.4 is 10.1 Å². The summed E-state index contributed by atoms with van der Waals surface area (Å²) in [5.41, 5.74) is 7.48. The van der Waals surface area contributed by atoms with Crippen LogP contribution in [0.1, 0.15) is 36.8 Å². The van der Waals surface area contributed by atoms with E-state index in [4.69, 9.17) is 5.73 Å². The molecule has 0 spiro atoms. The largest absolute Gasteiger partial charge is 0.673 e. The second kappa shape index (κ2) is 9.14. The number of hydrogen-bond acceptors (Lipinski definition) is 4. The molecule has 0 aliphatic carbocycles. The third-order valence-electron chi connectivity index (χ3n) is 2.41. The molecule has 1 aromatic carbocycles. The number of nitrogens with zero attached hydrogens (tertiary/aromatic N) is 2. The van der Waals surface area contributed by atoms with Gasteiger partial charge in [-0.1, -0.05) is 32.9 Å². The molecule has 0 bridgehead atoms. The van der Waals surface area contributed by atoms with Gasteiger partial charge in [0.1, 0.15) is 11.4 Å². The van der Waals surface area contributed by atoms with Crippen molar-refractivity contribution in [1.29, 1.82) is 0 Å². The molecule has 0 radical (unpaired) electrons. The predicted molar refractivity (Wildman–Crippen MR) is 90.4 cm³/mol. The normalized spacial score (nSPS) is 11.2. The summed E-state index contributed by atoms with van der Waals surface area (Å²) in [7, 11) is 0. The minimum atomic E-state index is -4.72. The van der Waals surface area contributed by atoms with Gasteiger partial charge in [0.15, 0.2) is 0 Å². The number of amides is 1. The van der Waals surface area contributed by atoms with Gasteiger partial charge in [0.25, 0.3) is 5.91 Å². The average molecular weight is 369 g/mol. The van der Waals surface area contributed by atoms with Crippen LogP contribution in [0.3, 0.4) is 0 Å². The summed E-state index contributed by atoms with van der Waals surface area (Å²) >= 11 is 0. The molecule has 2 rings (SSSR count). The Labute approximate surface area is 149 Å². The molecule has 0 aliphatic heterocycles. The first-order valence-electron chi connectivity index (χ1n) is 7.58. The standard InChI is InChI=1S/C13H10F3N3O2.C4H10N/c14-13(15,16)21-10-3-1-9(2-4-10)7-19-12(20)11-8-17-5-6-18-11;1-4(2,3)5/h1-6,8H,7H2,(H,19,20);5H,1-3H3/q;-1. The molecule has 26 heavy (non-hydrogen) atoms. The highest BCUT2D eigenvalue weighted by Gasteiger charge is 2.30. The Hall–Kier alpha value is -2.68. The highest BCUT2D eigenvalue weighted by atomic mass is 19.4. The van der Waals surface area contributed by atoms with Crippen molar-refractivity contribution in [2.45, 2.75) is 39.2 Å². The SMILES string of the molecule is CC(C)(C)[NH-].O=C(NCc1ccc(OC(F)(F)F)cc1)c1cnccn1. The Morgan fingerprint density at radius 1 is 1.15 bits per heavy atom. The number of nitrogens with one attached hydrogen (secondary N) is 2. The molecule has 1 amide bonds. The Kier molecular flexibility index (Phi) is 7.51. The van der Waals surface area contributed by atoms with Gasteiger partial charge in [-0.25, -0.2) is 4.98 Å². The van der Waals surface area contributed by atoms with Crippen LogP contribution in [0.25, 0.3) is 5.73 Å². The van der Waals surface area contributed by atoms with Crippen LogP contribution in [0.4, 0.5) is 13.2 Å². The Bertz CT molecular complexity index is 678. The summed E-state index contributed by atoms with van der Waals surface area (Å²) in [4.78, 5) is 19.3. The number of carbonyl (C=O) groups is 1. The molecular formula is C17H20F3N4O2-. The average Bonchev–Trinajstić information content (AvgIpc) is 2.52. The van der Waals surface area contributed by atoms with Crippen molar-refractivity contribution in [3.8, 4) is 5.75 Å². The zero-order chi connectivity index (χ0) is 19.8. The number of rotatable bonds is 4. The van der Waals surface area contributed by atoms with Gasteiger partial charge in [0.2, 0.25) is 0 Å². The zero-order valence-electron chi connectivity index (χ0n) is 14.6. The maximum Gasteiger partial charge on any atom is 0.573 e. The van der Waals surface area contributed by atoms with E-state index in [1.165, 1.54) is 42.9 Å². The molecule has 1 heterocycles. The van der Waals surface area contributed by atoms with Crippen molar-refractivity contribution in [3.63, 3.8) is 0 Å². The van der Waals surface area contributed by atoms with E-state index in [0.717, 1.165) is 0 Å². The van der Waals surface area contributed by atoms with Crippen molar-refractivity contribution in [1.82, 2.24) is 15.3 Å². The van der Waals surface area contributed by atoms with Crippen LogP contribution in [-0.4, -0.2) is 27.8 Å². The van der Waals surface area contributed by atoms with E-state index in [0.29, 0.717) is 5.56 Å². The van der Waals surface area contributed by atoms with Crippen molar-refractivity contribution >= 4 is 5.91 Å². The Balaban J connectivity index is 0.000000597. The zero-order valence-corrected chi connectivity index (χ0v) is 14.6. The second-order valence-corrected chi connectivity index (χ2v) is 6.22. The van der Waals surface area contributed by atoms with E-state index < -0.39 is 12.3 Å². The quantitative estimate of drug-likeness (QED) is 0.877. The topological polar surface area (TPSA) is 87.9 Å². The van der Waals surface area contributed by atoms with Crippen LogP contribution >= 0.6 is 0 Å². The highest BCUT2D eigenvalue weighted by Crippen LogP contribution is 2.22. The van der Waals surface area contributed by atoms with Gasteiger partial charge in [-0.3, -0.25) is 9.78 Å². The summed E-state index contributed by atoms with van der Waals surface area (Å²) in [6, 6.07) is 5.21. The number of alkyl halides is 3. The first-order chi connectivity index (χ1) is 11.9. The molecule has 0 saturated heterocycles. The molecule has 0 aliphatic rings. The number of halogens is 3. The molecule has 0 atom stereocenters. The molecule has 2 N–H and O–H groups in total. The molecule has 1 aromatic heterocycles. The van der Waals surface area contributed by atoms with Gasteiger partial charge in [-0.2, -0.15) is 0 Å². The van der Waals surface area contributed by atoms with E-state index in [1.807, 2.05) is 20.8 Å². The van der Waals surface area contributed by atoms with Crippen LogP contribution in [0.15, 0.2) is 42.9 Å². The van der Waals surface area contributed by atoms with Crippen LogP contribution in [0.2, 0.25) is 0 Å². The summed E-state index contributed by atoms with van der Waals surface area (Å²) in [6.45, 7) is 5.72. The lowest BCUT2D eigenvalue weighted by Crippen LogP contribution is -2.23. The molecule has 0 unspecified atom stereocenters. The molecule has 6 nitrogen and oxygen atoms in total. The van der Waals surface area contributed by atoms with E-state index >= 15 is 0 Å². The smallest absolute Gasteiger partial charge is 0.573 e. The van der Waals surface area contributed by atoms with Gasteiger partial charge in [0, 0.05) is 18.9 Å². The number of ether oxygens (including phenoxy) is 1. The number of hydrogen-bond donors (Lipinski definition) is 1. The third kappa shape index (κ3) is 10.2. The summed E-state index contributed by atoms with van der Waals surface area (Å²) in [5, 5.41) is 2.58. The molecule has 142 valence electrons. The maximum atomic E-state index is 12.0. The third-order valence-corrected chi connectivity index (χ3v) is 2.41. The van der Waals surface area contributed by atoms with Crippen LogP contribution in [-0.2, 0) is 6.54 Å². The van der Waals surface area contributed by atoms with Gasteiger partial charge in [-0.05, 0) is 17.7 Å². The number of carbonyl (C=O) groups excluding carboxylic acids is 1. The lowest BCUT2D eigenvalue weighted by atomic mass is 10.1. The summed E-state index contributed by atoms with van der Waals surface area (Å²) < 4.78 is 39.7. The first kappa shape index (κ1) is 21.4. The minimum Gasteiger partial charge on any atom is -0.673 e. The van der Waals surface area contributed by atoms with Gasteiger partial charge in [0.05, 0.1) is 6.20 Å². The van der Waals surface area contributed by atoms with E-state index in [9.17, 15) is 18.0 Å². The van der Waals surface area contributed by atoms with Gasteiger partial charge in [-0.15, -0.1) is 18.7 Å². The van der Waals surface area contributed by atoms with Crippen LogP contribution in [0.5, 0.6) is 5.75 Å². The van der Waals surface area contributed by atoms with Crippen molar-refractivity contribution < 1.29 is 22.7 Å². The number of benzene rings is 1. The van der Waals surface area contributed by atoms with Crippen molar-refractivity contribution in [3.05, 3.63) is 59.8 Å². The molecular weight excluding hydrogens is 349 g/mol. The Morgan fingerprint density at radius 3 is 2.19 bits per heavy atom. The van der Waals surface area contributed by atoms with E-state index in [2.05, 4.69) is 20.0 Å². The number of aromatic nitrogens is 2. The van der Waals surface area contributed by atoms with Gasteiger partial charge >= 0.3 is 6.36 Å². The van der Waals surface area contributed by atoms with Crippen LogP contribution in [0, 0.1) is 0 Å². The predicted octanol–water partition coefficient (Wildman–Crippen LogP) is 4.14. The lowest BCUT2D eigenvalue weighted by Gasteiger charge is -2.20. The highest BCUT2D eigenvalue weighted by molar-refractivity contribution is 5.91. The Morgan fingerprint density at radius 2 is 1.73 bits per heavy atom. The maximum absolute atomic E-state index is 12.0.